The summed E-state index contributed by atoms with van der Waals surface area (Å²) in [6.45, 7) is 3.51. The first-order valence-electron chi connectivity index (χ1n) is 8.56. The van der Waals surface area contributed by atoms with Crippen LogP contribution in [-0.2, 0) is 11.3 Å². The number of benzene rings is 1. The lowest BCUT2D eigenvalue weighted by Gasteiger charge is -2.15. The molecule has 1 saturated heterocycles. The summed E-state index contributed by atoms with van der Waals surface area (Å²) in [5.74, 6) is -0.307. The number of carbonyl (C=O) groups excluding carboxylic acids is 1. The molecule has 1 aliphatic rings. The maximum atomic E-state index is 12.2. The van der Waals surface area contributed by atoms with Crippen LogP contribution in [0, 0.1) is 0 Å². The molecule has 0 unspecified atom stereocenters. The molecule has 2 N–H and O–H groups in total. The lowest BCUT2D eigenvalue weighted by atomic mass is 10.2. The Balaban J connectivity index is 1.70. The molecular weight excluding hydrogens is 379 g/mol. The van der Waals surface area contributed by atoms with Gasteiger partial charge in [0.05, 0.1) is 15.9 Å². The van der Waals surface area contributed by atoms with E-state index in [1.807, 2.05) is 0 Å². The number of fused-ring (bicyclic) bond motifs is 1. The van der Waals surface area contributed by atoms with Gasteiger partial charge in [0.2, 0.25) is 5.91 Å². The number of nitrogens with zero attached hydrogens (tertiary/aromatic N) is 2. The molecule has 0 radical (unpaired) electrons. The number of carbonyl (C=O) groups is 1. The maximum absolute atomic E-state index is 12.2. The summed E-state index contributed by atoms with van der Waals surface area (Å²) in [7, 11) is 0. The molecule has 1 aromatic carbocycles. The molecule has 1 amide bonds. The van der Waals surface area contributed by atoms with E-state index in [-0.39, 0.29) is 33.4 Å². The molecule has 7 nitrogen and oxygen atoms in total. The molecule has 140 valence electrons. The summed E-state index contributed by atoms with van der Waals surface area (Å²) in [6, 6.07) is 2.88. The molecule has 2 aromatic rings. The summed E-state index contributed by atoms with van der Waals surface area (Å²) >= 11 is 12.1. The second-order valence-corrected chi connectivity index (χ2v) is 7.22. The van der Waals surface area contributed by atoms with Gasteiger partial charge in [-0.15, -0.1) is 0 Å². The monoisotopic (exact) mass is 398 g/mol. The van der Waals surface area contributed by atoms with E-state index in [9.17, 15) is 14.4 Å². The molecule has 2 heterocycles. The predicted octanol–water partition coefficient (Wildman–Crippen LogP) is 1.60. The summed E-state index contributed by atoms with van der Waals surface area (Å²) in [4.78, 5) is 40.9. The van der Waals surface area contributed by atoms with E-state index in [1.54, 1.807) is 0 Å². The van der Waals surface area contributed by atoms with Crippen LogP contribution in [0.2, 0.25) is 10.0 Å². The Labute approximate surface area is 159 Å². The summed E-state index contributed by atoms with van der Waals surface area (Å²) in [6.07, 6.45) is 3.32. The minimum Gasteiger partial charge on any atom is -0.354 e. The number of hydrogen-bond acceptors (Lipinski definition) is 4. The highest BCUT2D eigenvalue weighted by molar-refractivity contribution is 6.38. The van der Waals surface area contributed by atoms with Crippen molar-refractivity contribution >= 4 is 40.0 Å². The van der Waals surface area contributed by atoms with Gasteiger partial charge in [0.1, 0.15) is 6.54 Å². The zero-order valence-electron chi connectivity index (χ0n) is 14.2. The van der Waals surface area contributed by atoms with Gasteiger partial charge in [-0.2, -0.15) is 0 Å². The second-order valence-electron chi connectivity index (χ2n) is 6.38. The molecule has 1 aliphatic heterocycles. The quantitative estimate of drug-likeness (QED) is 0.723. The molecule has 0 saturated carbocycles. The lowest BCUT2D eigenvalue weighted by molar-refractivity contribution is -0.121. The number of rotatable bonds is 6. The van der Waals surface area contributed by atoms with Gasteiger partial charge >= 0.3 is 5.69 Å². The molecule has 0 bridgehead atoms. The maximum Gasteiger partial charge on any atom is 0.329 e. The zero-order valence-corrected chi connectivity index (χ0v) is 15.7. The first-order valence-corrected chi connectivity index (χ1v) is 9.32. The van der Waals surface area contributed by atoms with Crippen molar-refractivity contribution in [2.75, 3.05) is 26.2 Å². The van der Waals surface area contributed by atoms with Crippen molar-refractivity contribution in [3.05, 3.63) is 43.0 Å². The lowest BCUT2D eigenvalue weighted by Crippen LogP contribution is -2.37. The van der Waals surface area contributed by atoms with E-state index in [2.05, 4.69) is 15.2 Å². The predicted molar refractivity (Wildman–Crippen MR) is 102 cm³/mol. The molecule has 0 aliphatic carbocycles. The van der Waals surface area contributed by atoms with E-state index >= 15 is 0 Å². The van der Waals surface area contributed by atoms with Crippen LogP contribution in [0.1, 0.15) is 19.3 Å². The topological polar surface area (TPSA) is 87.2 Å². The minimum absolute atomic E-state index is 0.133. The van der Waals surface area contributed by atoms with Crippen LogP contribution in [0.15, 0.2) is 21.7 Å². The molecule has 1 aromatic heterocycles. The van der Waals surface area contributed by atoms with Crippen molar-refractivity contribution in [2.24, 2.45) is 0 Å². The van der Waals surface area contributed by atoms with E-state index < -0.39 is 11.2 Å². The van der Waals surface area contributed by atoms with Crippen LogP contribution in [0.3, 0.4) is 0 Å². The largest absolute Gasteiger partial charge is 0.354 e. The van der Waals surface area contributed by atoms with Gasteiger partial charge in [0.25, 0.3) is 5.56 Å². The third-order valence-corrected chi connectivity index (χ3v) is 5.01. The number of likely N-dealkylation sites (tertiary alicyclic amines) is 1. The zero-order chi connectivity index (χ0) is 18.7. The van der Waals surface area contributed by atoms with E-state index in [0.717, 1.165) is 26.1 Å². The molecule has 1 fully saturated rings. The van der Waals surface area contributed by atoms with Crippen molar-refractivity contribution in [3.8, 4) is 0 Å². The third kappa shape index (κ3) is 4.28. The Kier molecular flexibility index (Phi) is 6.01. The Morgan fingerprint density at radius 1 is 1.19 bits per heavy atom. The molecule has 26 heavy (non-hydrogen) atoms. The van der Waals surface area contributed by atoms with Crippen molar-refractivity contribution in [3.63, 3.8) is 0 Å². The summed E-state index contributed by atoms with van der Waals surface area (Å²) in [5, 5.41) is 3.36. The Morgan fingerprint density at radius 2 is 1.92 bits per heavy atom. The summed E-state index contributed by atoms with van der Waals surface area (Å²) < 4.78 is 1.17. The van der Waals surface area contributed by atoms with E-state index in [1.165, 1.54) is 29.5 Å². The first-order chi connectivity index (χ1) is 12.5. The highest BCUT2D eigenvalue weighted by Gasteiger charge is 2.15. The van der Waals surface area contributed by atoms with Gasteiger partial charge in [0, 0.05) is 11.6 Å². The van der Waals surface area contributed by atoms with Crippen LogP contribution in [0.4, 0.5) is 0 Å². The highest BCUT2D eigenvalue weighted by Crippen LogP contribution is 2.24. The fourth-order valence-corrected chi connectivity index (χ4v) is 3.80. The number of aromatic amines is 1. The van der Waals surface area contributed by atoms with Crippen molar-refractivity contribution in [1.29, 1.82) is 0 Å². The van der Waals surface area contributed by atoms with Crippen molar-refractivity contribution in [1.82, 2.24) is 19.8 Å². The smallest absolute Gasteiger partial charge is 0.329 e. The average molecular weight is 399 g/mol. The van der Waals surface area contributed by atoms with E-state index in [0.29, 0.717) is 6.54 Å². The standard InChI is InChI=1S/C17H20Cl2N4O3/c18-11-8-12(19)15-13(9-11)23(17(26)21-16(15)25)10-14(24)20-4-3-7-22-5-1-2-6-22/h8-9H,1-7,10H2,(H,20,24)(H,21,25,26). The Morgan fingerprint density at radius 3 is 2.65 bits per heavy atom. The van der Waals surface area contributed by atoms with Crippen molar-refractivity contribution < 1.29 is 4.79 Å². The normalized spacial score (nSPS) is 14.8. The average Bonchev–Trinajstić information content (AvgIpc) is 3.08. The molecular formula is C17H20Cl2N4O3. The van der Waals surface area contributed by atoms with Crippen LogP contribution < -0.4 is 16.6 Å². The second kappa shape index (κ2) is 8.24. The van der Waals surface area contributed by atoms with Gasteiger partial charge in [-0.25, -0.2) is 4.79 Å². The molecule has 0 spiro atoms. The molecule has 3 rings (SSSR count). The number of amides is 1. The minimum atomic E-state index is -0.673. The fourth-order valence-electron chi connectivity index (χ4n) is 3.23. The van der Waals surface area contributed by atoms with Crippen LogP contribution in [0.25, 0.3) is 10.9 Å². The third-order valence-electron chi connectivity index (χ3n) is 4.49. The number of halogens is 2. The van der Waals surface area contributed by atoms with Gasteiger partial charge < -0.3 is 10.2 Å². The van der Waals surface area contributed by atoms with Gasteiger partial charge in [0.15, 0.2) is 0 Å². The van der Waals surface area contributed by atoms with E-state index in [4.69, 9.17) is 23.2 Å². The number of aromatic nitrogens is 2. The highest BCUT2D eigenvalue weighted by atomic mass is 35.5. The number of H-pyrrole nitrogens is 1. The first kappa shape index (κ1) is 18.9. The fraction of sp³-hybridized carbons (Fsp3) is 0.471. The van der Waals surface area contributed by atoms with Crippen molar-refractivity contribution in [2.45, 2.75) is 25.8 Å². The Bertz CT molecular complexity index is 932. The molecule has 9 heteroatoms. The SMILES string of the molecule is O=C(Cn1c(=O)[nH]c(=O)c2c(Cl)cc(Cl)cc21)NCCCN1CCCC1. The summed E-state index contributed by atoms with van der Waals surface area (Å²) in [5.41, 5.74) is -1.04. The van der Waals surface area contributed by atoms with Crippen LogP contribution in [-0.4, -0.2) is 46.5 Å². The van der Waals surface area contributed by atoms with Crippen LogP contribution >= 0.6 is 23.2 Å². The van der Waals surface area contributed by atoms with Gasteiger partial charge in [-0.05, 0) is 51.0 Å². The number of nitrogens with one attached hydrogen (secondary N) is 2. The van der Waals surface area contributed by atoms with Gasteiger partial charge in [-0.3, -0.25) is 19.1 Å². The Hall–Kier alpha value is -1.83. The number of hydrogen-bond donors (Lipinski definition) is 2. The molecule has 0 atom stereocenters. The van der Waals surface area contributed by atoms with Crippen LogP contribution in [0.5, 0.6) is 0 Å². The van der Waals surface area contributed by atoms with Gasteiger partial charge in [-0.1, -0.05) is 23.2 Å².